The number of benzene rings is 1. The van der Waals surface area contributed by atoms with Crippen LogP contribution in [0.1, 0.15) is 37.7 Å². The molecule has 0 heterocycles. The minimum absolute atomic E-state index is 0. The number of nitrogens with one attached hydrogen (secondary N) is 2. The molecule has 1 amide bonds. The first-order valence-electron chi connectivity index (χ1n) is 6.84. The normalized spacial score (nSPS) is 15.6. The zero-order chi connectivity index (χ0) is 12.8. The molecule has 2 rings (SSSR count). The summed E-state index contributed by atoms with van der Waals surface area (Å²) in [5.74, 6) is 0.402. The number of hydrogen-bond acceptors (Lipinski definition) is 2. The molecule has 1 aliphatic rings. The minimum Gasteiger partial charge on any atom is -0.326 e. The second-order valence-corrected chi connectivity index (χ2v) is 5.01. The number of rotatable bonds is 4. The van der Waals surface area contributed by atoms with E-state index in [-0.39, 0.29) is 24.2 Å². The van der Waals surface area contributed by atoms with Gasteiger partial charge in [-0.2, -0.15) is 0 Å². The van der Waals surface area contributed by atoms with Gasteiger partial charge in [0.15, 0.2) is 0 Å². The third kappa shape index (κ3) is 4.51. The Balaban J connectivity index is 0.00000180. The molecule has 0 radical (unpaired) electrons. The van der Waals surface area contributed by atoms with Crippen LogP contribution in [0.2, 0.25) is 0 Å². The molecule has 0 bridgehead atoms. The lowest BCUT2D eigenvalue weighted by Gasteiger charge is -2.21. The highest BCUT2D eigenvalue weighted by molar-refractivity contribution is 5.93. The standard InChI is InChI=1S/C15H22N2O.ClH/c1-16-11-13-9-5-6-10-14(13)17-15(18)12-7-3-2-4-8-12;/h5-6,9-10,12,16H,2-4,7-8,11H2,1H3,(H,17,18);1H. The number of hydrogen-bond donors (Lipinski definition) is 2. The Kier molecular flexibility index (Phi) is 6.89. The molecular weight excluding hydrogens is 260 g/mol. The van der Waals surface area contributed by atoms with Crippen molar-refractivity contribution in [1.29, 1.82) is 0 Å². The van der Waals surface area contributed by atoms with Gasteiger partial charge in [-0.05, 0) is 31.5 Å². The van der Waals surface area contributed by atoms with Crippen molar-refractivity contribution in [1.82, 2.24) is 5.32 Å². The monoisotopic (exact) mass is 282 g/mol. The zero-order valence-corrected chi connectivity index (χ0v) is 12.3. The summed E-state index contributed by atoms with van der Waals surface area (Å²) in [6.07, 6.45) is 5.74. The lowest BCUT2D eigenvalue weighted by atomic mass is 9.88. The zero-order valence-electron chi connectivity index (χ0n) is 11.4. The minimum atomic E-state index is 0. The van der Waals surface area contributed by atoms with Gasteiger partial charge in [-0.25, -0.2) is 0 Å². The van der Waals surface area contributed by atoms with Gasteiger partial charge in [-0.3, -0.25) is 4.79 Å². The lowest BCUT2D eigenvalue weighted by molar-refractivity contribution is -0.120. The molecule has 1 fully saturated rings. The fourth-order valence-corrected chi connectivity index (χ4v) is 2.59. The maximum atomic E-state index is 12.2. The van der Waals surface area contributed by atoms with Gasteiger partial charge in [0.2, 0.25) is 5.91 Å². The van der Waals surface area contributed by atoms with Crippen LogP contribution in [0.15, 0.2) is 24.3 Å². The molecule has 0 spiro atoms. The van der Waals surface area contributed by atoms with E-state index in [0.717, 1.165) is 30.6 Å². The van der Waals surface area contributed by atoms with E-state index >= 15 is 0 Å². The Morgan fingerprint density at radius 1 is 1.21 bits per heavy atom. The van der Waals surface area contributed by atoms with Crippen molar-refractivity contribution in [3.8, 4) is 0 Å². The highest BCUT2D eigenvalue weighted by Crippen LogP contribution is 2.25. The van der Waals surface area contributed by atoms with Crippen molar-refractivity contribution in [2.75, 3.05) is 12.4 Å². The van der Waals surface area contributed by atoms with Gasteiger partial charge < -0.3 is 10.6 Å². The van der Waals surface area contributed by atoms with Crippen LogP contribution in [0.25, 0.3) is 0 Å². The van der Waals surface area contributed by atoms with Crippen molar-refractivity contribution in [2.45, 2.75) is 38.6 Å². The van der Waals surface area contributed by atoms with Crippen LogP contribution < -0.4 is 10.6 Å². The number of anilines is 1. The van der Waals surface area contributed by atoms with Crippen LogP contribution in [-0.4, -0.2) is 13.0 Å². The molecule has 106 valence electrons. The molecule has 0 saturated heterocycles. The summed E-state index contributed by atoms with van der Waals surface area (Å²) in [5.41, 5.74) is 2.09. The first-order chi connectivity index (χ1) is 8.81. The molecule has 0 aliphatic heterocycles. The third-order valence-corrected chi connectivity index (χ3v) is 3.62. The van der Waals surface area contributed by atoms with Crippen molar-refractivity contribution < 1.29 is 4.79 Å². The Morgan fingerprint density at radius 2 is 1.89 bits per heavy atom. The Morgan fingerprint density at radius 3 is 2.58 bits per heavy atom. The Hall–Kier alpha value is -1.06. The van der Waals surface area contributed by atoms with Gasteiger partial charge in [-0.1, -0.05) is 37.5 Å². The van der Waals surface area contributed by atoms with Gasteiger partial charge >= 0.3 is 0 Å². The van der Waals surface area contributed by atoms with Gasteiger partial charge in [0.25, 0.3) is 0 Å². The largest absolute Gasteiger partial charge is 0.326 e. The summed E-state index contributed by atoms with van der Waals surface area (Å²) in [4.78, 5) is 12.2. The fourth-order valence-electron chi connectivity index (χ4n) is 2.59. The molecule has 1 aliphatic carbocycles. The molecular formula is C15H23ClN2O. The molecule has 0 unspecified atom stereocenters. The summed E-state index contributed by atoms with van der Waals surface area (Å²) in [6.45, 7) is 0.779. The number of para-hydroxylation sites is 1. The van der Waals surface area contributed by atoms with E-state index in [0.29, 0.717) is 0 Å². The molecule has 19 heavy (non-hydrogen) atoms. The van der Waals surface area contributed by atoms with Crippen molar-refractivity contribution >= 4 is 24.0 Å². The van der Waals surface area contributed by atoms with Crippen LogP contribution in [-0.2, 0) is 11.3 Å². The second-order valence-electron chi connectivity index (χ2n) is 5.01. The number of carbonyl (C=O) groups is 1. The van der Waals surface area contributed by atoms with Gasteiger partial charge in [0.1, 0.15) is 0 Å². The Bertz CT molecular complexity index is 403. The number of halogens is 1. The first kappa shape index (κ1) is 16.0. The predicted octanol–water partition coefficient (Wildman–Crippen LogP) is 3.35. The number of carbonyl (C=O) groups excluding carboxylic acids is 1. The van der Waals surface area contributed by atoms with E-state index in [1.165, 1.54) is 19.3 Å². The van der Waals surface area contributed by atoms with Crippen molar-refractivity contribution in [2.24, 2.45) is 5.92 Å². The first-order valence-corrected chi connectivity index (χ1v) is 6.84. The average Bonchev–Trinajstić information content (AvgIpc) is 2.42. The van der Waals surface area contributed by atoms with E-state index in [2.05, 4.69) is 10.6 Å². The predicted molar refractivity (Wildman–Crippen MR) is 81.7 cm³/mol. The van der Waals surface area contributed by atoms with E-state index in [4.69, 9.17) is 0 Å². The topological polar surface area (TPSA) is 41.1 Å². The second kappa shape index (κ2) is 8.18. The van der Waals surface area contributed by atoms with Gasteiger partial charge in [0, 0.05) is 18.2 Å². The molecule has 1 aromatic carbocycles. The molecule has 0 aromatic heterocycles. The lowest BCUT2D eigenvalue weighted by Crippen LogP contribution is -2.25. The summed E-state index contributed by atoms with van der Waals surface area (Å²) >= 11 is 0. The quantitative estimate of drug-likeness (QED) is 0.889. The van der Waals surface area contributed by atoms with Crippen LogP contribution in [0.5, 0.6) is 0 Å². The van der Waals surface area contributed by atoms with Crippen LogP contribution in [0.3, 0.4) is 0 Å². The van der Waals surface area contributed by atoms with E-state index in [1.54, 1.807) is 0 Å². The maximum Gasteiger partial charge on any atom is 0.227 e. The van der Waals surface area contributed by atoms with E-state index < -0.39 is 0 Å². The molecule has 1 aromatic rings. The highest BCUT2D eigenvalue weighted by atomic mass is 35.5. The summed E-state index contributed by atoms with van der Waals surface area (Å²) < 4.78 is 0. The molecule has 1 saturated carbocycles. The molecule has 3 nitrogen and oxygen atoms in total. The molecule has 4 heteroatoms. The third-order valence-electron chi connectivity index (χ3n) is 3.62. The van der Waals surface area contributed by atoms with Crippen LogP contribution in [0.4, 0.5) is 5.69 Å². The summed E-state index contributed by atoms with van der Waals surface area (Å²) in [5, 5.41) is 6.21. The van der Waals surface area contributed by atoms with Gasteiger partial charge in [-0.15, -0.1) is 12.4 Å². The van der Waals surface area contributed by atoms with Gasteiger partial charge in [0.05, 0.1) is 0 Å². The van der Waals surface area contributed by atoms with Crippen molar-refractivity contribution in [3.05, 3.63) is 29.8 Å². The fraction of sp³-hybridized carbons (Fsp3) is 0.533. The average molecular weight is 283 g/mol. The highest BCUT2D eigenvalue weighted by Gasteiger charge is 2.21. The molecule has 0 atom stereocenters. The van der Waals surface area contributed by atoms with E-state index in [9.17, 15) is 4.79 Å². The van der Waals surface area contributed by atoms with Crippen molar-refractivity contribution in [3.63, 3.8) is 0 Å². The summed E-state index contributed by atoms with van der Waals surface area (Å²) in [6, 6.07) is 8.00. The molecule has 2 N–H and O–H groups in total. The van der Waals surface area contributed by atoms with Crippen LogP contribution >= 0.6 is 12.4 Å². The maximum absolute atomic E-state index is 12.2. The summed E-state index contributed by atoms with van der Waals surface area (Å²) in [7, 11) is 1.92. The van der Waals surface area contributed by atoms with Crippen LogP contribution in [0, 0.1) is 5.92 Å². The van der Waals surface area contributed by atoms with E-state index in [1.807, 2.05) is 31.3 Å². The number of amides is 1. The SMILES string of the molecule is CNCc1ccccc1NC(=O)C1CCCCC1.Cl. The Labute approximate surface area is 121 Å². The smallest absolute Gasteiger partial charge is 0.227 e.